The van der Waals surface area contributed by atoms with Gasteiger partial charge in [-0.25, -0.2) is 0 Å². The van der Waals surface area contributed by atoms with Crippen molar-refractivity contribution < 1.29 is 20.4 Å². The third kappa shape index (κ3) is 4.02. The van der Waals surface area contributed by atoms with Crippen molar-refractivity contribution in [1.82, 2.24) is 0 Å². The maximum Gasteiger partial charge on any atom is 0.0602 e. The summed E-state index contributed by atoms with van der Waals surface area (Å²) in [6, 6.07) is 0. The minimum Gasteiger partial charge on any atom is -0.393 e. The Morgan fingerprint density at radius 3 is 2.35 bits per heavy atom. The van der Waals surface area contributed by atoms with Gasteiger partial charge in [-0.15, -0.1) is 0 Å². The monoisotopic (exact) mass is 436 g/mol. The SMILES string of the molecule is CC(CCCC(C)(C)O)[C@H]1CC[C@H]2[C@@H]3C(O)CC4CC(O)CC[C@]4(C)[C@H]3CC(O)[C@]12C. The van der Waals surface area contributed by atoms with Crippen LogP contribution in [0, 0.1) is 46.3 Å². The fourth-order valence-corrected chi connectivity index (χ4v) is 9.19. The molecule has 0 aromatic carbocycles. The molecule has 4 aliphatic rings. The summed E-state index contributed by atoms with van der Waals surface area (Å²) in [5.41, 5.74) is -0.583. The first kappa shape index (κ1) is 24.0. The van der Waals surface area contributed by atoms with E-state index in [9.17, 15) is 20.4 Å². The number of hydrogen-bond acceptors (Lipinski definition) is 4. The van der Waals surface area contributed by atoms with Crippen LogP contribution < -0.4 is 0 Å². The fourth-order valence-electron chi connectivity index (χ4n) is 9.19. The topological polar surface area (TPSA) is 80.9 Å². The first-order valence-corrected chi connectivity index (χ1v) is 13.1. The van der Waals surface area contributed by atoms with E-state index in [1.807, 2.05) is 13.8 Å². The molecule has 0 aromatic rings. The van der Waals surface area contributed by atoms with E-state index in [1.165, 1.54) is 0 Å². The highest BCUT2D eigenvalue weighted by atomic mass is 16.3. The zero-order valence-electron chi connectivity index (χ0n) is 20.6. The van der Waals surface area contributed by atoms with Crippen LogP contribution in [0.4, 0.5) is 0 Å². The molecule has 4 heteroatoms. The molecule has 0 amide bonds. The Morgan fingerprint density at radius 1 is 0.968 bits per heavy atom. The third-order valence-corrected chi connectivity index (χ3v) is 11.0. The predicted molar refractivity (Wildman–Crippen MR) is 123 cm³/mol. The minimum absolute atomic E-state index is 0.117. The molecule has 0 saturated heterocycles. The third-order valence-electron chi connectivity index (χ3n) is 11.0. The van der Waals surface area contributed by atoms with E-state index in [-0.39, 0.29) is 29.1 Å². The summed E-state index contributed by atoms with van der Waals surface area (Å²) in [6.45, 7) is 10.8. The Balaban J connectivity index is 1.54. The zero-order chi connectivity index (χ0) is 22.8. The Bertz CT molecular complexity index is 644. The predicted octanol–water partition coefficient (Wildman–Crippen LogP) is 4.53. The van der Waals surface area contributed by atoms with Crippen LogP contribution in [0.15, 0.2) is 0 Å². The van der Waals surface area contributed by atoms with Gasteiger partial charge in [0.25, 0.3) is 0 Å². The van der Waals surface area contributed by atoms with Crippen molar-refractivity contribution in [3.05, 3.63) is 0 Å². The van der Waals surface area contributed by atoms with Crippen LogP contribution in [0.25, 0.3) is 0 Å². The number of rotatable bonds is 5. The van der Waals surface area contributed by atoms with Crippen molar-refractivity contribution in [1.29, 1.82) is 0 Å². The smallest absolute Gasteiger partial charge is 0.0602 e. The molecule has 0 bridgehead atoms. The van der Waals surface area contributed by atoms with Crippen LogP contribution in [0.2, 0.25) is 0 Å². The Hall–Kier alpha value is -0.160. The lowest BCUT2D eigenvalue weighted by atomic mass is 9.43. The van der Waals surface area contributed by atoms with Gasteiger partial charge in [0.1, 0.15) is 0 Å². The van der Waals surface area contributed by atoms with Crippen LogP contribution >= 0.6 is 0 Å². The second-order valence-corrected chi connectivity index (χ2v) is 13.2. The van der Waals surface area contributed by atoms with E-state index in [1.54, 1.807) is 0 Å². The molecule has 4 saturated carbocycles. The van der Waals surface area contributed by atoms with Crippen LogP contribution in [0.3, 0.4) is 0 Å². The molecule has 0 aliphatic heterocycles. The van der Waals surface area contributed by atoms with Crippen LogP contribution in [-0.2, 0) is 0 Å². The second-order valence-electron chi connectivity index (χ2n) is 13.2. The lowest BCUT2D eigenvalue weighted by Gasteiger charge is -2.63. The molecular formula is C27H48O4. The number of aliphatic hydroxyl groups is 4. The lowest BCUT2D eigenvalue weighted by molar-refractivity contribution is -0.207. The summed E-state index contributed by atoms with van der Waals surface area (Å²) >= 11 is 0. The highest BCUT2D eigenvalue weighted by Gasteiger charge is 2.65. The van der Waals surface area contributed by atoms with E-state index in [0.29, 0.717) is 35.5 Å². The maximum atomic E-state index is 11.6. The molecule has 4 fully saturated rings. The molecule has 0 radical (unpaired) electrons. The molecule has 5 unspecified atom stereocenters. The van der Waals surface area contributed by atoms with Gasteiger partial charge in [0.2, 0.25) is 0 Å². The van der Waals surface area contributed by atoms with Crippen molar-refractivity contribution in [2.45, 2.75) is 123 Å². The standard InChI is InChI=1S/C27H48O4/c1-16(7-6-11-25(2,3)31)19-8-9-20-24-21(15-23(30)27(19,20)5)26(4)12-10-18(28)13-17(26)14-22(24)29/h16-24,28-31H,6-15H2,1-5H3/t16?,17?,18?,19-,20+,21+,22?,23?,24+,26+,27-/m1/s1. The second kappa shape index (κ2) is 8.25. The van der Waals surface area contributed by atoms with Gasteiger partial charge in [-0.2, -0.15) is 0 Å². The van der Waals surface area contributed by atoms with Gasteiger partial charge in [0.15, 0.2) is 0 Å². The summed E-state index contributed by atoms with van der Waals surface area (Å²) in [4.78, 5) is 0. The van der Waals surface area contributed by atoms with Crippen molar-refractivity contribution in [3.8, 4) is 0 Å². The van der Waals surface area contributed by atoms with Crippen LogP contribution in [0.1, 0.15) is 98.8 Å². The molecule has 31 heavy (non-hydrogen) atoms. The first-order valence-electron chi connectivity index (χ1n) is 13.1. The molecular weight excluding hydrogens is 388 g/mol. The van der Waals surface area contributed by atoms with Crippen molar-refractivity contribution >= 4 is 0 Å². The quantitative estimate of drug-likeness (QED) is 0.511. The number of fused-ring (bicyclic) bond motifs is 5. The van der Waals surface area contributed by atoms with E-state index in [2.05, 4.69) is 20.8 Å². The van der Waals surface area contributed by atoms with Gasteiger partial charge in [0, 0.05) is 0 Å². The van der Waals surface area contributed by atoms with Crippen LogP contribution in [0.5, 0.6) is 0 Å². The van der Waals surface area contributed by atoms with E-state index in [4.69, 9.17) is 0 Å². The average Bonchev–Trinajstić information content (AvgIpc) is 3.01. The van der Waals surface area contributed by atoms with Crippen molar-refractivity contribution in [3.63, 3.8) is 0 Å². The van der Waals surface area contributed by atoms with E-state index in [0.717, 1.165) is 64.2 Å². The summed E-state index contributed by atoms with van der Waals surface area (Å²) < 4.78 is 0. The summed E-state index contributed by atoms with van der Waals surface area (Å²) in [6.07, 6.45) is 8.73. The summed E-state index contributed by atoms with van der Waals surface area (Å²) in [5.74, 6) is 2.44. The van der Waals surface area contributed by atoms with Gasteiger partial charge in [0.05, 0.1) is 23.9 Å². The van der Waals surface area contributed by atoms with Gasteiger partial charge < -0.3 is 20.4 Å². The summed E-state index contributed by atoms with van der Waals surface area (Å²) in [7, 11) is 0. The summed E-state index contributed by atoms with van der Waals surface area (Å²) in [5, 5.41) is 43.3. The molecule has 0 spiro atoms. The van der Waals surface area contributed by atoms with Gasteiger partial charge in [-0.1, -0.05) is 33.6 Å². The number of aliphatic hydroxyl groups excluding tert-OH is 3. The first-order chi connectivity index (χ1) is 14.4. The average molecular weight is 437 g/mol. The minimum atomic E-state index is -0.606. The lowest BCUT2D eigenvalue weighted by Crippen LogP contribution is -2.62. The molecule has 4 rings (SSSR count). The highest BCUT2D eigenvalue weighted by Crippen LogP contribution is 2.68. The molecule has 180 valence electrons. The van der Waals surface area contributed by atoms with Gasteiger partial charge in [-0.05, 0) is 112 Å². The van der Waals surface area contributed by atoms with E-state index >= 15 is 0 Å². The largest absolute Gasteiger partial charge is 0.393 e. The molecule has 11 atom stereocenters. The Kier molecular flexibility index (Phi) is 6.38. The van der Waals surface area contributed by atoms with Crippen LogP contribution in [-0.4, -0.2) is 44.3 Å². The van der Waals surface area contributed by atoms with Crippen molar-refractivity contribution in [2.24, 2.45) is 46.3 Å². The van der Waals surface area contributed by atoms with E-state index < -0.39 is 5.60 Å². The van der Waals surface area contributed by atoms with Gasteiger partial charge in [-0.3, -0.25) is 0 Å². The number of hydrogen-bond donors (Lipinski definition) is 4. The highest BCUT2D eigenvalue weighted by molar-refractivity contribution is 5.14. The zero-order valence-corrected chi connectivity index (χ0v) is 20.6. The molecule has 4 aliphatic carbocycles. The molecule has 4 nitrogen and oxygen atoms in total. The molecule has 0 heterocycles. The van der Waals surface area contributed by atoms with Crippen molar-refractivity contribution in [2.75, 3.05) is 0 Å². The van der Waals surface area contributed by atoms with Gasteiger partial charge >= 0.3 is 0 Å². The Morgan fingerprint density at radius 2 is 1.68 bits per heavy atom. The molecule has 0 aromatic heterocycles. The fraction of sp³-hybridized carbons (Fsp3) is 1.00. The maximum absolute atomic E-state index is 11.6. The normalized spacial score (nSPS) is 51.0. The Labute approximate surface area is 189 Å². The molecule has 4 N–H and O–H groups in total.